The second-order valence-corrected chi connectivity index (χ2v) is 6.36. The Bertz CT molecular complexity index is 524. The predicted octanol–water partition coefficient (Wildman–Crippen LogP) is -1.02. The standard InChI is InChI=1S/C10H14N2O6S/c1-12(7-4-5-19(17,18)6-7)10(16)11-8(13)2-3-9(14)15/h2-3,7H,4-6H2,1H3,(H,14,15)(H,11,13,16)/b3-2+. The molecule has 3 amide bonds. The van der Waals surface area contributed by atoms with E-state index >= 15 is 0 Å². The number of carbonyl (C=O) groups is 3. The highest BCUT2D eigenvalue weighted by molar-refractivity contribution is 7.91. The summed E-state index contributed by atoms with van der Waals surface area (Å²) in [5, 5.41) is 10.2. The molecule has 0 aromatic carbocycles. The summed E-state index contributed by atoms with van der Waals surface area (Å²) in [5.41, 5.74) is 0. The van der Waals surface area contributed by atoms with E-state index in [0.717, 1.165) is 4.90 Å². The van der Waals surface area contributed by atoms with E-state index in [-0.39, 0.29) is 11.5 Å². The monoisotopic (exact) mass is 290 g/mol. The van der Waals surface area contributed by atoms with Gasteiger partial charge in [0.15, 0.2) is 9.84 Å². The summed E-state index contributed by atoms with van der Waals surface area (Å²) >= 11 is 0. The first kappa shape index (κ1) is 15.2. The number of rotatable bonds is 3. The molecule has 8 nitrogen and oxygen atoms in total. The molecule has 1 aliphatic rings. The number of nitrogens with zero attached hydrogens (tertiary/aromatic N) is 1. The van der Waals surface area contributed by atoms with Gasteiger partial charge in [-0.3, -0.25) is 10.1 Å². The van der Waals surface area contributed by atoms with Gasteiger partial charge >= 0.3 is 12.0 Å². The van der Waals surface area contributed by atoms with Crippen molar-refractivity contribution < 1.29 is 27.9 Å². The Balaban J connectivity index is 2.54. The molecule has 1 saturated heterocycles. The van der Waals surface area contributed by atoms with E-state index in [1.807, 2.05) is 5.32 Å². The summed E-state index contributed by atoms with van der Waals surface area (Å²) in [5.74, 6) is -2.30. The lowest BCUT2D eigenvalue weighted by molar-refractivity contribution is -0.131. The molecule has 0 bridgehead atoms. The molecule has 1 rings (SSSR count). The average Bonchev–Trinajstić information content (AvgIpc) is 2.66. The molecule has 1 aliphatic heterocycles. The number of hydrogen-bond acceptors (Lipinski definition) is 5. The largest absolute Gasteiger partial charge is 0.478 e. The van der Waals surface area contributed by atoms with Gasteiger partial charge in [-0.15, -0.1) is 0 Å². The van der Waals surface area contributed by atoms with Crippen LogP contribution in [-0.2, 0) is 19.4 Å². The molecule has 1 fully saturated rings. The van der Waals surface area contributed by atoms with Gasteiger partial charge in [0.2, 0.25) is 0 Å². The molecule has 1 atom stereocenters. The molecule has 19 heavy (non-hydrogen) atoms. The van der Waals surface area contributed by atoms with Crippen molar-refractivity contribution in [1.82, 2.24) is 10.2 Å². The van der Waals surface area contributed by atoms with Crippen molar-refractivity contribution in [3.8, 4) is 0 Å². The molecular weight excluding hydrogens is 276 g/mol. The molecule has 1 heterocycles. The highest BCUT2D eigenvalue weighted by atomic mass is 32.2. The van der Waals surface area contributed by atoms with Crippen molar-refractivity contribution >= 4 is 27.7 Å². The first-order valence-electron chi connectivity index (χ1n) is 5.40. The zero-order valence-corrected chi connectivity index (χ0v) is 11.0. The van der Waals surface area contributed by atoms with E-state index in [9.17, 15) is 22.8 Å². The summed E-state index contributed by atoms with van der Waals surface area (Å²) < 4.78 is 22.5. The number of nitrogens with one attached hydrogen (secondary N) is 1. The van der Waals surface area contributed by atoms with Crippen LogP contribution < -0.4 is 5.32 Å². The lowest BCUT2D eigenvalue weighted by atomic mass is 10.2. The number of hydrogen-bond donors (Lipinski definition) is 2. The van der Waals surface area contributed by atoms with Crippen LogP contribution in [0.25, 0.3) is 0 Å². The van der Waals surface area contributed by atoms with Crippen molar-refractivity contribution in [2.45, 2.75) is 12.5 Å². The number of carboxylic acids is 1. The molecule has 0 spiro atoms. The minimum absolute atomic E-state index is 0.0160. The molecule has 1 unspecified atom stereocenters. The van der Waals surface area contributed by atoms with Gasteiger partial charge in [-0.05, 0) is 6.42 Å². The summed E-state index contributed by atoms with van der Waals surface area (Å²) in [7, 11) is -1.74. The summed E-state index contributed by atoms with van der Waals surface area (Å²) in [6.45, 7) is 0. The van der Waals surface area contributed by atoms with Crippen LogP contribution in [0.15, 0.2) is 12.2 Å². The Labute approximate surface area is 110 Å². The lowest BCUT2D eigenvalue weighted by Gasteiger charge is -2.22. The van der Waals surface area contributed by atoms with Gasteiger partial charge < -0.3 is 10.0 Å². The van der Waals surface area contributed by atoms with Gasteiger partial charge in [0.25, 0.3) is 5.91 Å². The first-order chi connectivity index (χ1) is 8.71. The van der Waals surface area contributed by atoms with Crippen molar-refractivity contribution in [3.63, 3.8) is 0 Å². The smallest absolute Gasteiger partial charge is 0.328 e. The van der Waals surface area contributed by atoms with Crippen molar-refractivity contribution in [1.29, 1.82) is 0 Å². The number of sulfone groups is 1. The maximum absolute atomic E-state index is 11.6. The van der Waals surface area contributed by atoms with Gasteiger partial charge in [-0.25, -0.2) is 18.0 Å². The van der Waals surface area contributed by atoms with Gasteiger partial charge in [-0.2, -0.15) is 0 Å². The van der Waals surface area contributed by atoms with Crippen LogP contribution in [0, 0.1) is 0 Å². The number of amides is 3. The fraction of sp³-hybridized carbons (Fsp3) is 0.500. The Hall–Kier alpha value is -1.90. The molecule has 106 valence electrons. The maximum atomic E-state index is 11.6. The third-order valence-corrected chi connectivity index (χ3v) is 4.43. The second-order valence-electron chi connectivity index (χ2n) is 4.13. The third kappa shape index (κ3) is 4.70. The Morgan fingerprint density at radius 2 is 1.95 bits per heavy atom. The molecule has 0 aromatic rings. The average molecular weight is 290 g/mol. The SMILES string of the molecule is CN(C(=O)NC(=O)/C=C/C(=O)O)C1CCS(=O)(=O)C1. The van der Waals surface area contributed by atoms with Crippen molar-refractivity contribution in [3.05, 3.63) is 12.2 Å². The number of carbonyl (C=O) groups excluding carboxylic acids is 2. The molecule has 0 aromatic heterocycles. The summed E-state index contributed by atoms with van der Waals surface area (Å²) in [4.78, 5) is 34.1. The Morgan fingerprint density at radius 3 is 2.42 bits per heavy atom. The zero-order chi connectivity index (χ0) is 14.6. The second kappa shape index (κ2) is 5.83. The van der Waals surface area contributed by atoms with Gasteiger partial charge in [0.1, 0.15) is 0 Å². The highest BCUT2D eigenvalue weighted by Crippen LogP contribution is 2.16. The lowest BCUT2D eigenvalue weighted by Crippen LogP contribution is -2.45. The Morgan fingerprint density at radius 1 is 1.32 bits per heavy atom. The zero-order valence-electron chi connectivity index (χ0n) is 10.2. The first-order valence-corrected chi connectivity index (χ1v) is 7.22. The van der Waals surface area contributed by atoms with Crippen LogP contribution in [0.5, 0.6) is 0 Å². The number of carboxylic acid groups (broad SMARTS) is 1. The Kier molecular flexibility index (Phi) is 4.65. The molecule has 0 saturated carbocycles. The van der Waals surface area contributed by atoms with E-state index in [1.165, 1.54) is 7.05 Å². The molecular formula is C10H14N2O6S. The van der Waals surface area contributed by atoms with Crippen LogP contribution in [-0.4, -0.2) is 60.9 Å². The molecule has 9 heteroatoms. The predicted molar refractivity (Wildman–Crippen MR) is 65.1 cm³/mol. The summed E-state index contributed by atoms with van der Waals surface area (Å²) in [6.07, 6.45) is 1.63. The molecule has 0 radical (unpaired) electrons. The van der Waals surface area contributed by atoms with E-state index in [2.05, 4.69) is 0 Å². The number of imide groups is 1. The number of urea groups is 1. The van der Waals surface area contributed by atoms with Crippen LogP contribution in [0.3, 0.4) is 0 Å². The third-order valence-electron chi connectivity index (χ3n) is 2.68. The normalized spacial score (nSPS) is 21.2. The van der Waals surface area contributed by atoms with Crippen LogP contribution in [0.1, 0.15) is 6.42 Å². The van der Waals surface area contributed by atoms with E-state index in [0.29, 0.717) is 18.6 Å². The van der Waals surface area contributed by atoms with Crippen molar-refractivity contribution in [2.75, 3.05) is 18.6 Å². The minimum Gasteiger partial charge on any atom is -0.478 e. The van der Waals surface area contributed by atoms with Crippen LogP contribution >= 0.6 is 0 Å². The minimum atomic E-state index is -3.12. The van der Waals surface area contributed by atoms with Gasteiger partial charge in [0, 0.05) is 25.2 Å². The quantitative estimate of drug-likeness (QED) is 0.642. The number of aliphatic carboxylic acids is 1. The fourth-order valence-electron chi connectivity index (χ4n) is 1.63. The highest BCUT2D eigenvalue weighted by Gasteiger charge is 2.32. The molecule has 0 aliphatic carbocycles. The fourth-order valence-corrected chi connectivity index (χ4v) is 3.40. The van der Waals surface area contributed by atoms with E-state index < -0.39 is 33.8 Å². The van der Waals surface area contributed by atoms with Gasteiger partial charge in [-0.1, -0.05) is 0 Å². The van der Waals surface area contributed by atoms with E-state index in [1.54, 1.807) is 0 Å². The van der Waals surface area contributed by atoms with Crippen LogP contribution in [0.2, 0.25) is 0 Å². The van der Waals surface area contributed by atoms with Crippen LogP contribution in [0.4, 0.5) is 4.79 Å². The molecule has 2 N–H and O–H groups in total. The maximum Gasteiger partial charge on any atom is 0.328 e. The van der Waals surface area contributed by atoms with Crippen molar-refractivity contribution in [2.24, 2.45) is 0 Å². The summed E-state index contributed by atoms with van der Waals surface area (Å²) in [6, 6.07) is -1.23. The topological polar surface area (TPSA) is 121 Å². The van der Waals surface area contributed by atoms with Gasteiger partial charge in [0.05, 0.1) is 11.5 Å². The van der Waals surface area contributed by atoms with E-state index in [4.69, 9.17) is 5.11 Å².